The molecular formula is C10H15N5O2. The lowest BCUT2D eigenvalue weighted by atomic mass is 10.3. The Balaban J connectivity index is 2.17. The first-order valence-electron chi connectivity index (χ1n) is 5.43. The summed E-state index contributed by atoms with van der Waals surface area (Å²) in [5.74, 6) is -0.211. The highest BCUT2D eigenvalue weighted by atomic mass is 16.2. The molecule has 0 aromatic carbocycles. The van der Waals surface area contributed by atoms with Crippen LogP contribution in [0.1, 0.15) is 16.9 Å². The highest BCUT2D eigenvalue weighted by Gasteiger charge is 2.23. The fourth-order valence-electron chi connectivity index (χ4n) is 1.84. The Kier molecular flexibility index (Phi) is 2.99. The van der Waals surface area contributed by atoms with Gasteiger partial charge in [-0.05, 0) is 0 Å². The Hall–Kier alpha value is -2.05. The van der Waals surface area contributed by atoms with Gasteiger partial charge in [-0.1, -0.05) is 0 Å². The van der Waals surface area contributed by atoms with Gasteiger partial charge in [0, 0.05) is 33.1 Å². The van der Waals surface area contributed by atoms with Gasteiger partial charge in [-0.2, -0.15) is 5.10 Å². The molecule has 0 radical (unpaired) electrons. The lowest BCUT2D eigenvalue weighted by Crippen LogP contribution is -2.35. The summed E-state index contributed by atoms with van der Waals surface area (Å²) in [6.45, 7) is 1.38. The molecule has 0 unspecified atom stereocenters. The van der Waals surface area contributed by atoms with Crippen LogP contribution in [0.5, 0.6) is 0 Å². The molecule has 1 saturated heterocycles. The molecule has 0 saturated carbocycles. The second-order valence-corrected chi connectivity index (χ2v) is 3.96. The van der Waals surface area contributed by atoms with E-state index in [-0.39, 0.29) is 11.8 Å². The van der Waals surface area contributed by atoms with E-state index in [9.17, 15) is 9.59 Å². The molecule has 2 amide bonds. The smallest absolute Gasteiger partial charge is 0.274 e. The number of nitrogens with zero attached hydrogens (tertiary/aromatic N) is 3. The van der Waals surface area contributed by atoms with E-state index < -0.39 is 0 Å². The fraction of sp³-hybridized carbons (Fsp3) is 0.500. The van der Waals surface area contributed by atoms with E-state index in [1.165, 1.54) is 10.9 Å². The minimum Gasteiger partial charge on any atom is -0.396 e. The first-order chi connectivity index (χ1) is 8.09. The standard InChI is InChI=1S/C10H15N5O2/c1-14-9(7(11)6-13-14)10(17)15-4-2-8(16)12-3-5-15/h6H,2-5,11H2,1H3,(H,12,16). The average molecular weight is 237 g/mol. The molecule has 7 nitrogen and oxygen atoms in total. The topological polar surface area (TPSA) is 93.2 Å². The number of aryl methyl sites for hydroxylation is 1. The maximum absolute atomic E-state index is 12.2. The van der Waals surface area contributed by atoms with Gasteiger partial charge < -0.3 is 16.0 Å². The summed E-state index contributed by atoms with van der Waals surface area (Å²) in [5.41, 5.74) is 6.44. The zero-order valence-electron chi connectivity index (χ0n) is 9.64. The molecule has 1 aromatic rings. The van der Waals surface area contributed by atoms with Gasteiger partial charge in [-0.25, -0.2) is 0 Å². The molecule has 0 atom stereocenters. The molecule has 2 heterocycles. The summed E-state index contributed by atoms with van der Waals surface area (Å²) in [6.07, 6.45) is 1.78. The van der Waals surface area contributed by atoms with Crippen molar-refractivity contribution in [3.8, 4) is 0 Å². The van der Waals surface area contributed by atoms with E-state index in [0.29, 0.717) is 37.4 Å². The van der Waals surface area contributed by atoms with Crippen molar-refractivity contribution in [2.24, 2.45) is 7.05 Å². The fourth-order valence-corrected chi connectivity index (χ4v) is 1.84. The van der Waals surface area contributed by atoms with Crippen LogP contribution in [0.3, 0.4) is 0 Å². The predicted molar refractivity (Wildman–Crippen MR) is 61.2 cm³/mol. The van der Waals surface area contributed by atoms with Crippen molar-refractivity contribution >= 4 is 17.5 Å². The van der Waals surface area contributed by atoms with Gasteiger partial charge in [-0.15, -0.1) is 0 Å². The van der Waals surface area contributed by atoms with Crippen LogP contribution < -0.4 is 11.1 Å². The van der Waals surface area contributed by atoms with Gasteiger partial charge in [0.2, 0.25) is 5.91 Å². The van der Waals surface area contributed by atoms with E-state index in [4.69, 9.17) is 5.73 Å². The molecule has 1 aliphatic heterocycles. The van der Waals surface area contributed by atoms with Crippen molar-refractivity contribution < 1.29 is 9.59 Å². The zero-order valence-corrected chi connectivity index (χ0v) is 9.64. The molecule has 2 rings (SSSR count). The summed E-state index contributed by atoms with van der Waals surface area (Å²) in [5, 5.41) is 6.65. The highest BCUT2D eigenvalue weighted by molar-refractivity contribution is 5.97. The van der Waals surface area contributed by atoms with Crippen molar-refractivity contribution in [2.75, 3.05) is 25.4 Å². The first-order valence-corrected chi connectivity index (χ1v) is 5.43. The van der Waals surface area contributed by atoms with Crippen molar-refractivity contribution in [1.82, 2.24) is 20.0 Å². The molecule has 1 fully saturated rings. The third kappa shape index (κ3) is 2.22. The number of aromatic nitrogens is 2. The van der Waals surface area contributed by atoms with Crippen LogP contribution in [0.4, 0.5) is 5.69 Å². The number of carbonyl (C=O) groups is 2. The van der Waals surface area contributed by atoms with E-state index in [2.05, 4.69) is 10.4 Å². The molecule has 3 N–H and O–H groups in total. The van der Waals surface area contributed by atoms with Crippen LogP contribution in [0, 0.1) is 0 Å². The number of carbonyl (C=O) groups excluding carboxylic acids is 2. The Morgan fingerprint density at radius 2 is 2.29 bits per heavy atom. The summed E-state index contributed by atoms with van der Waals surface area (Å²) < 4.78 is 1.46. The number of hydrogen-bond acceptors (Lipinski definition) is 4. The van der Waals surface area contributed by atoms with Gasteiger partial charge in [0.05, 0.1) is 11.9 Å². The first kappa shape index (κ1) is 11.4. The van der Waals surface area contributed by atoms with Crippen LogP contribution >= 0.6 is 0 Å². The lowest BCUT2D eigenvalue weighted by molar-refractivity contribution is -0.120. The van der Waals surface area contributed by atoms with Gasteiger partial charge >= 0.3 is 0 Å². The largest absolute Gasteiger partial charge is 0.396 e. The van der Waals surface area contributed by atoms with Crippen LogP contribution in [0.2, 0.25) is 0 Å². The Bertz CT molecular complexity index is 434. The van der Waals surface area contributed by atoms with Crippen molar-refractivity contribution in [3.05, 3.63) is 11.9 Å². The number of amides is 2. The molecule has 1 aromatic heterocycles. The SMILES string of the molecule is Cn1ncc(N)c1C(=O)N1CCNC(=O)CC1. The van der Waals surface area contributed by atoms with Gasteiger partial charge in [-0.3, -0.25) is 14.3 Å². The molecule has 0 bridgehead atoms. The molecule has 1 aliphatic rings. The third-order valence-corrected chi connectivity index (χ3v) is 2.77. The summed E-state index contributed by atoms with van der Waals surface area (Å²) in [7, 11) is 1.67. The maximum atomic E-state index is 12.2. The Labute approximate surface area is 98.6 Å². The number of nitrogens with one attached hydrogen (secondary N) is 1. The van der Waals surface area contributed by atoms with Crippen molar-refractivity contribution in [3.63, 3.8) is 0 Å². The van der Waals surface area contributed by atoms with Gasteiger partial charge in [0.15, 0.2) is 0 Å². The average Bonchev–Trinajstić information content (AvgIpc) is 2.51. The number of nitrogen functional groups attached to an aromatic ring is 1. The number of anilines is 1. The Morgan fingerprint density at radius 1 is 1.53 bits per heavy atom. The lowest BCUT2D eigenvalue weighted by Gasteiger charge is -2.19. The summed E-state index contributed by atoms with van der Waals surface area (Å²) >= 11 is 0. The van der Waals surface area contributed by atoms with E-state index in [1.54, 1.807) is 11.9 Å². The zero-order chi connectivity index (χ0) is 12.4. The van der Waals surface area contributed by atoms with E-state index >= 15 is 0 Å². The molecule has 0 spiro atoms. The Morgan fingerprint density at radius 3 is 2.94 bits per heavy atom. The minimum atomic E-state index is -0.181. The van der Waals surface area contributed by atoms with E-state index in [0.717, 1.165) is 0 Å². The quantitative estimate of drug-likeness (QED) is 0.652. The molecule has 92 valence electrons. The highest BCUT2D eigenvalue weighted by Crippen LogP contribution is 2.13. The number of rotatable bonds is 1. The van der Waals surface area contributed by atoms with E-state index in [1.807, 2.05) is 0 Å². The van der Waals surface area contributed by atoms with Crippen LogP contribution in [-0.4, -0.2) is 46.1 Å². The number of hydrogen-bond donors (Lipinski definition) is 2. The molecular weight excluding hydrogens is 222 g/mol. The number of nitrogens with two attached hydrogens (primary N) is 1. The second-order valence-electron chi connectivity index (χ2n) is 3.96. The second kappa shape index (κ2) is 4.44. The van der Waals surface area contributed by atoms with Crippen molar-refractivity contribution in [2.45, 2.75) is 6.42 Å². The van der Waals surface area contributed by atoms with Crippen molar-refractivity contribution in [1.29, 1.82) is 0 Å². The predicted octanol–water partition coefficient (Wildman–Crippen LogP) is -1.04. The maximum Gasteiger partial charge on any atom is 0.274 e. The van der Waals surface area contributed by atoms with Crippen LogP contribution in [-0.2, 0) is 11.8 Å². The molecule has 0 aliphatic carbocycles. The third-order valence-electron chi connectivity index (χ3n) is 2.77. The monoisotopic (exact) mass is 237 g/mol. The summed E-state index contributed by atoms with van der Waals surface area (Å²) in [4.78, 5) is 25.0. The minimum absolute atomic E-state index is 0.0294. The normalized spacial score (nSPS) is 16.5. The summed E-state index contributed by atoms with van der Waals surface area (Å²) in [6, 6.07) is 0. The van der Waals surface area contributed by atoms with Gasteiger partial charge in [0.25, 0.3) is 5.91 Å². The molecule has 17 heavy (non-hydrogen) atoms. The van der Waals surface area contributed by atoms with Gasteiger partial charge in [0.1, 0.15) is 5.69 Å². The van der Waals surface area contributed by atoms with Crippen LogP contribution in [0.25, 0.3) is 0 Å². The van der Waals surface area contributed by atoms with Crippen LogP contribution in [0.15, 0.2) is 6.20 Å². The molecule has 7 heteroatoms.